The van der Waals surface area contributed by atoms with Gasteiger partial charge in [-0.1, -0.05) is 32.4 Å². The number of anilines is 1. The summed E-state index contributed by atoms with van der Waals surface area (Å²) >= 11 is 0. The van der Waals surface area contributed by atoms with Gasteiger partial charge in [0.05, 0.1) is 6.42 Å². The maximum Gasteiger partial charge on any atom is 0.224 e. The Hall–Kier alpha value is -1.51. The molecule has 0 fully saturated rings. The molecule has 3 N–H and O–H groups in total. The monoisotopic (exact) mass is 234 g/mol. The summed E-state index contributed by atoms with van der Waals surface area (Å²) in [6, 6.07) is 7.67. The van der Waals surface area contributed by atoms with Crippen molar-refractivity contribution in [3.63, 3.8) is 0 Å². The molecule has 0 radical (unpaired) electrons. The van der Waals surface area contributed by atoms with Crippen molar-refractivity contribution >= 4 is 11.6 Å². The highest BCUT2D eigenvalue weighted by Gasteiger charge is 2.13. The van der Waals surface area contributed by atoms with Crippen molar-refractivity contribution in [1.29, 1.82) is 0 Å². The highest BCUT2D eigenvalue weighted by molar-refractivity contribution is 5.79. The highest BCUT2D eigenvalue weighted by atomic mass is 16.1. The summed E-state index contributed by atoms with van der Waals surface area (Å²) in [5.74, 6) is 0.559. The standard InChI is InChI=1S/C14H22N2O/c1-4-10(2)11(3)16-14(17)9-12-6-5-7-13(15)8-12/h5-8,10-11H,4,9,15H2,1-3H3,(H,16,17). The predicted octanol–water partition coefficient (Wildman–Crippen LogP) is 2.36. The lowest BCUT2D eigenvalue weighted by atomic mass is 10.0. The average Bonchev–Trinajstić information content (AvgIpc) is 2.27. The topological polar surface area (TPSA) is 55.1 Å². The summed E-state index contributed by atoms with van der Waals surface area (Å²) in [6.07, 6.45) is 1.46. The number of nitrogens with two attached hydrogens (primary N) is 1. The Morgan fingerprint density at radius 3 is 2.71 bits per heavy atom. The van der Waals surface area contributed by atoms with Crippen LogP contribution in [0.1, 0.15) is 32.8 Å². The van der Waals surface area contributed by atoms with Crippen molar-refractivity contribution in [2.75, 3.05) is 5.73 Å². The number of nitrogen functional groups attached to an aromatic ring is 1. The lowest BCUT2D eigenvalue weighted by Crippen LogP contribution is -2.37. The van der Waals surface area contributed by atoms with Crippen molar-refractivity contribution in [2.45, 2.75) is 39.7 Å². The fraction of sp³-hybridized carbons (Fsp3) is 0.500. The van der Waals surface area contributed by atoms with Crippen molar-refractivity contribution in [3.05, 3.63) is 29.8 Å². The molecule has 1 aromatic rings. The second kappa shape index (κ2) is 6.28. The summed E-state index contributed by atoms with van der Waals surface area (Å²) in [4.78, 5) is 11.8. The van der Waals surface area contributed by atoms with Gasteiger partial charge in [-0.25, -0.2) is 0 Å². The van der Waals surface area contributed by atoms with Gasteiger partial charge in [0, 0.05) is 11.7 Å². The van der Waals surface area contributed by atoms with E-state index in [2.05, 4.69) is 19.2 Å². The van der Waals surface area contributed by atoms with Crippen LogP contribution >= 0.6 is 0 Å². The third-order valence-corrected chi connectivity index (χ3v) is 3.20. The molecule has 3 nitrogen and oxygen atoms in total. The molecule has 0 spiro atoms. The Balaban J connectivity index is 2.50. The zero-order chi connectivity index (χ0) is 12.8. The van der Waals surface area contributed by atoms with Gasteiger partial charge in [0.25, 0.3) is 0 Å². The summed E-state index contributed by atoms with van der Waals surface area (Å²) in [6.45, 7) is 6.32. The smallest absolute Gasteiger partial charge is 0.224 e. The number of rotatable bonds is 5. The zero-order valence-corrected chi connectivity index (χ0v) is 10.9. The first-order valence-electron chi connectivity index (χ1n) is 6.16. The van der Waals surface area contributed by atoms with E-state index in [4.69, 9.17) is 5.73 Å². The molecule has 0 saturated heterocycles. The van der Waals surface area contributed by atoms with Crippen LogP contribution in [-0.2, 0) is 11.2 Å². The van der Waals surface area contributed by atoms with Crippen molar-refractivity contribution in [3.8, 4) is 0 Å². The molecule has 0 aliphatic rings. The summed E-state index contributed by atoms with van der Waals surface area (Å²) in [5, 5.41) is 3.02. The molecule has 0 saturated carbocycles. The van der Waals surface area contributed by atoms with E-state index in [0.29, 0.717) is 18.0 Å². The Morgan fingerprint density at radius 1 is 1.41 bits per heavy atom. The van der Waals surface area contributed by atoms with E-state index in [0.717, 1.165) is 12.0 Å². The molecule has 0 aliphatic heterocycles. The highest BCUT2D eigenvalue weighted by Crippen LogP contribution is 2.09. The fourth-order valence-corrected chi connectivity index (χ4v) is 1.69. The van der Waals surface area contributed by atoms with Gasteiger partial charge >= 0.3 is 0 Å². The molecule has 1 amide bonds. The molecule has 0 heterocycles. The van der Waals surface area contributed by atoms with Gasteiger partial charge in [-0.3, -0.25) is 4.79 Å². The van der Waals surface area contributed by atoms with E-state index in [-0.39, 0.29) is 11.9 Å². The minimum Gasteiger partial charge on any atom is -0.399 e. The van der Waals surface area contributed by atoms with Gasteiger partial charge in [0.15, 0.2) is 0 Å². The van der Waals surface area contributed by atoms with E-state index >= 15 is 0 Å². The van der Waals surface area contributed by atoms with Gasteiger partial charge < -0.3 is 11.1 Å². The van der Waals surface area contributed by atoms with Crippen LogP contribution in [0.15, 0.2) is 24.3 Å². The number of carbonyl (C=O) groups is 1. The van der Waals surface area contributed by atoms with Crippen LogP contribution in [-0.4, -0.2) is 11.9 Å². The Kier molecular flexibility index (Phi) is 5.01. The molecule has 17 heavy (non-hydrogen) atoms. The van der Waals surface area contributed by atoms with Crippen LogP contribution in [0.2, 0.25) is 0 Å². The lowest BCUT2D eigenvalue weighted by molar-refractivity contribution is -0.121. The first-order valence-corrected chi connectivity index (χ1v) is 6.16. The van der Waals surface area contributed by atoms with Crippen LogP contribution in [0.4, 0.5) is 5.69 Å². The lowest BCUT2D eigenvalue weighted by Gasteiger charge is -2.19. The van der Waals surface area contributed by atoms with Crippen molar-refractivity contribution in [1.82, 2.24) is 5.32 Å². The first-order chi connectivity index (χ1) is 8.02. The number of nitrogens with one attached hydrogen (secondary N) is 1. The number of carbonyl (C=O) groups excluding carboxylic acids is 1. The maximum atomic E-state index is 11.8. The third kappa shape index (κ3) is 4.47. The Labute approximate surface area is 103 Å². The number of amides is 1. The summed E-state index contributed by atoms with van der Waals surface area (Å²) in [5.41, 5.74) is 7.33. The minimum absolute atomic E-state index is 0.0587. The van der Waals surface area contributed by atoms with Gasteiger partial charge in [-0.15, -0.1) is 0 Å². The molecule has 0 bridgehead atoms. The van der Waals surface area contributed by atoms with Crippen molar-refractivity contribution in [2.24, 2.45) is 5.92 Å². The normalized spacial score (nSPS) is 14.1. The molecule has 0 aromatic heterocycles. The van der Waals surface area contributed by atoms with Gasteiger partial charge in [0.2, 0.25) is 5.91 Å². The Bertz CT molecular complexity index is 376. The van der Waals surface area contributed by atoms with E-state index in [1.54, 1.807) is 0 Å². The van der Waals surface area contributed by atoms with Gasteiger partial charge in [0.1, 0.15) is 0 Å². The van der Waals surface area contributed by atoms with Crippen molar-refractivity contribution < 1.29 is 4.79 Å². The van der Waals surface area contributed by atoms with Crippen LogP contribution in [0, 0.1) is 5.92 Å². The van der Waals surface area contributed by atoms with Crippen LogP contribution in [0.25, 0.3) is 0 Å². The molecular formula is C14H22N2O. The molecule has 94 valence electrons. The fourth-order valence-electron chi connectivity index (χ4n) is 1.69. The molecule has 2 atom stereocenters. The predicted molar refractivity (Wildman–Crippen MR) is 71.6 cm³/mol. The number of hydrogen-bond acceptors (Lipinski definition) is 2. The SMILES string of the molecule is CCC(C)C(C)NC(=O)Cc1cccc(N)c1. The quantitative estimate of drug-likeness (QED) is 0.768. The summed E-state index contributed by atoms with van der Waals surface area (Å²) in [7, 11) is 0. The second-order valence-electron chi connectivity index (χ2n) is 4.66. The average molecular weight is 234 g/mol. The van der Waals surface area contributed by atoms with E-state index in [1.165, 1.54) is 0 Å². The van der Waals surface area contributed by atoms with E-state index in [9.17, 15) is 4.79 Å². The van der Waals surface area contributed by atoms with Gasteiger partial charge in [-0.05, 0) is 30.5 Å². The van der Waals surface area contributed by atoms with E-state index < -0.39 is 0 Å². The molecular weight excluding hydrogens is 212 g/mol. The largest absolute Gasteiger partial charge is 0.399 e. The van der Waals surface area contributed by atoms with E-state index in [1.807, 2.05) is 31.2 Å². The van der Waals surface area contributed by atoms with Gasteiger partial charge in [-0.2, -0.15) is 0 Å². The van der Waals surface area contributed by atoms with Crippen LogP contribution in [0.5, 0.6) is 0 Å². The number of benzene rings is 1. The van der Waals surface area contributed by atoms with Crippen LogP contribution < -0.4 is 11.1 Å². The molecule has 3 heteroatoms. The van der Waals surface area contributed by atoms with Crippen LogP contribution in [0.3, 0.4) is 0 Å². The molecule has 0 aliphatic carbocycles. The third-order valence-electron chi connectivity index (χ3n) is 3.20. The first kappa shape index (κ1) is 13.6. The minimum atomic E-state index is 0.0587. The molecule has 1 rings (SSSR count). The second-order valence-corrected chi connectivity index (χ2v) is 4.66. The maximum absolute atomic E-state index is 11.8. The Morgan fingerprint density at radius 2 is 2.12 bits per heavy atom. The zero-order valence-electron chi connectivity index (χ0n) is 10.9. The number of hydrogen-bond donors (Lipinski definition) is 2. The molecule has 2 unspecified atom stereocenters. The summed E-state index contributed by atoms with van der Waals surface area (Å²) < 4.78 is 0. The molecule has 1 aromatic carbocycles.